The lowest BCUT2D eigenvalue weighted by atomic mass is 10.1. The Balaban J connectivity index is 2.28. The Morgan fingerprint density at radius 2 is 2.16 bits per heavy atom. The molecular formula is C11H15NO5S2. The molecule has 0 saturated carbocycles. The molecule has 1 aromatic heterocycles. The topological polar surface area (TPSA) is 83.9 Å². The molecule has 1 aliphatic rings. The molecule has 1 aromatic rings. The molecule has 1 fully saturated rings. The Hall–Kier alpha value is -0.960. The second-order valence-electron chi connectivity index (χ2n) is 4.87. The number of hydrogen-bond acceptors (Lipinski definition) is 5. The van der Waals surface area contributed by atoms with Crippen molar-refractivity contribution >= 4 is 27.3 Å². The number of hydrogen-bond donors (Lipinski definition) is 1. The monoisotopic (exact) mass is 305 g/mol. The van der Waals surface area contributed by atoms with Crippen molar-refractivity contribution in [2.75, 3.05) is 19.7 Å². The van der Waals surface area contributed by atoms with E-state index in [1.54, 1.807) is 0 Å². The number of carboxylic acids is 1. The Kier molecular flexibility index (Phi) is 3.69. The second kappa shape index (κ2) is 4.86. The van der Waals surface area contributed by atoms with Gasteiger partial charge in [-0.2, -0.15) is 4.31 Å². The van der Waals surface area contributed by atoms with E-state index >= 15 is 0 Å². The molecule has 0 aliphatic carbocycles. The van der Waals surface area contributed by atoms with Gasteiger partial charge in [0.15, 0.2) is 0 Å². The largest absolute Gasteiger partial charge is 0.477 e. The van der Waals surface area contributed by atoms with E-state index in [4.69, 9.17) is 9.84 Å². The fourth-order valence-corrected chi connectivity index (χ4v) is 4.75. The Morgan fingerprint density at radius 1 is 1.47 bits per heavy atom. The normalized spacial score (nSPS) is 20.3. The fraction of sp³-hybridized carbons (Fsp3) is 0.545. The molecule has 0 bridgehead atoms. The van der Waals surface area contributed by atoms with Gasteiger partial charge >= 0.3 is 5.97 Å². The van der Waals surface area contributed by atoms with Gasteiger partial charge in [-0.25, -0.2) is 13.2 Å². The number of thiophene rings is 1. The molecule has 8 heteroatoms. The highest BCUT2D eigenvalue weighted by Gasteiger charge is 2.35. The maximum Gasteiger partial charge on any atom is 0.345 e. The lowest BCUT2D eigenvalue weighted by Gasteiger charge is -2.36. The predicted octanol–water partition coefficient (Wildman–Crippen LogP) is 1.25. The molecule has 1 N–H and O–H groups in total. The van der Waals surface area contributed by atoms with E-state index in [0.717, 1.165) is 11.3 Å². The van der Waals surface area contributed by atoms with Gasteiger partial charge in [0, 0.05) is 13.1 Å². The van der Waals surface area contributed by atoms with Crippen molar-refractivity contribution in [3.05, 3.63) is 17.0 Å². The first kappa shape index (κ1) is 14.4. The highest BCUT2D eigenvalue weighted by molar-refractivity contribution is 7.91. The van der Waals surface area contributed by atoms with Gasteiger partial charge in [0.05, 0.1) is 12.2 Å². The number of aromatic carboxylic acids is 1. The molecule has 106 valence electrons. The highest BCUT2D eigenvalue weighted by Crippen LogP contribution is 2.28. The van der Waals surface area contributed by atoms with Crippen LogP contribution in [0.1, 0.15) is 23.5 Å². The summed E-state index contributed by atoms with van der Waals surface area (Å²) >= 11 is 0.772. The first-order valence-corrected chi connectivity index (χ1v) is 7.95. The summed E-state index contributed by atoms with van der Waals surface area (Å²) in [5, 5.41) is 8.84. The number of carboxylic acid groups (broad SMARTS) is 1. The van der Waals surface area contributed by atoms with E-state index in [1.165, 1.54) is 16.4 Å². The number of sulfonamides is 1. The van der Waals surface area contributed by atoms with Gasteiger partial charge in [0.25, 0.3) is 10.0 Å². The molecule has 2 rings (SSSR count). The quantitative estimate of drug-likeness (QED) is 0.908. The molecular weight excluding hydrogens is 290 g/mol. The van der Waals surface area contributed by atoms with Gasteiger partial charge in [0.2, 0.25) is 0 Å². The van der Waals surface area contributed by atoms with Crippen LogP contribution < -0.4 is 0 Å². The molecule has 0 atom stereocenters. The Bertz CT molecular complexity index is 590. The predicted molar refractivity (Wildman–Crippen MR) is 70.1 cm³/mol. The lowest BCUT2D eigenvalue weighted by molar-refractivity contribution is -0.0639. The SMILES string of the molecule is CC1(C)CN(S(=O)(=O)c2ccc(C(=O)O)s2)CCO1. The number of carbonyl (C=O) groups is 1. The van der Waals surface area contributed by atoms with Crippen LogP contribution >= 0.6 is 11.3 Å². The molecule has 2 heterocycles. The third kappa shape index (κ3) is 2.97. The van der Waals surface area contributed by atoms with Crippen LogP contribution in [-0.2, 0) is 14.8 Å². The summed E-state index contributed by atoms with van der Waals surface area (Å²) in [6.07, 6.45) is 0. The first-order chi connectivity index (χ1) is 8.72. The van der Waals surface area contributed by atoms with Crippen LogP contribution in [0.5, 0.6) is 0 Å². The average molecular weight is 305 g/mol. The third-order valence-corrected chi connectivity index (χ3v) is 6.16. The minimum Gasteiger partial charge on any atom is -0.477 e. The van der Waals surface area contributed by atoms with Crippen LogP contribution in [0, 0.1) is 0 Å². The molecule has 0 aromatic carbocycles. The summed E-state index contributed by atoms with van der Waals surface area (Å²) in [5.74, 6) is -1.12. The number of nitrogens with zero attached hydrogens (tertiary/aromatic N) is 1. The zero-order chi connectivity index (χ0) is 14.3. The van der Waals surface area contributed by atoms with E-state index in [0.29, 0.717) is 6.61 Å². The lowest BCUT2D eigenvalue weighted by Crippen LogP contribution is -2.50. The van der Waals surface area contributed by atoms with Gasteiger partial charge in [-0.05, 0) is 26.0 Å². The second-order valence-corrected chi connectivity index (χ2v) is 8.12. The zero-order valence-electron chi connectivity index (χ0n) is 10.6. The van der Waals surface area contributed by atoms with Gasteiger partial charge in [-0.3, -0.25) is 0 Å². The summed E-state index contributed by atoms with van der Waals surface area (Å²) in [4.78, 5) is 10.8. The van der Waals surface area contributed by atoms with Gasteiger partial charge in [0.1, 0.15) is 9.09 Å². The molecule has 0 unspecified atom stereocenters. The molecule has 0 radical (unpaired) electrons. The number of morpholine rings is 1. The van der Waals surface area contributed by atoms with Crippen molar-refractivity contribution < 1.29 is 23.1 Å². The maximum absolute atomic E-state index is 12.4. The summed E-state index contributed by atoms with van der Waals surface area (Å²) in [7, 11) is -3.64. The summed E-state index contributed by atoms with van der Waals surface area (Å²) in [5.41, 5.74) is -0.530. The van der Waals surface area contributed by atoms with Crippen LogP contribution in [-0.4, -0.2) is 49.1 Å². The van der Waals surface area contributed by atoms with Crippen LogP contribution in [0.3, 0.4) is 0 Å². The number of ether oxygens (including phenoxy) is 1. The van der Waals surface area contributed by atoms with Crippen molar-refractivity contribution in [3.8, 4) is 0 Å². The average Bonchev–Trinajstić information content (AvgIpc) is 2.77. The molecule has 19 heavy (non-hydrogen) atoms. The number of rotatable bonds is 3. The smallest absolute Gasteiger partial charge is 0.345 e. The highest BCUT2D eigenvalue weighted by atomic mass is 32.2. The summed E-state index contributed by atoms with van der Waals surface area (Å²) in [6.45, 7) is 4.53. The van der Waals surface area contributed by atoms with Crippen LogP contribution in [0.2, 0.25) is 0 Å². The fourth-order valence-electron chi connectivity index (χ4n) is 1.88. The van der Waals surface area contributed by atoms with E-state index in [9.17, 15) is 13.2 Å². The van der Waals surface area contributed by atoms with Crippen LogP contribution in [0.4, 0.5) is 0 Å². The molecule has 1 aliphatic heterocycles. The van der Waals surface area contributed by atoms with Gasteiger partial charge < -0.3 is 9.84 Å². The minimum absolute atomic E-state index is 0.0195. The van der Waals surface area contributed by atoms with Gasteiger partial charge in [-0.15, -0.1) is 11.3 Å². The van der Waals surface area contributed by atoms with E-state index in [-0.39, 0.29) is 22.2 Å². The standard InChI is InChI=1S/C11H15NO5S2/c1-11(2)7-12(5-6-17-11)19(15,16)9-4-3-8(18-9)10(13)14/h3-4H,5-7H2,1-2H3,(H,13,14). The minimum atomic E-state index is -3.64. The first-order valence-electron chi connectivity index (χ1n) is 5.70. The molecule has 6 nitrogen and oxygen atoms in total. The molecule has 0 amide bonds. The summed E-state index contributed by atoms with van der Waals surface area (Å²) in [6, 6.07) is 2.65. The summed E-state index contributed by atoms with van der Waals surface area (Å²) < 4.78 is 31.7. The van der Waals surface area contributed by atoms with Crippen LogP contribution in [0.25, 0.3) is 0 Å². The van der Waals surface area contributed by atoms with E-state index < -0.39 is 21.6 Å². The third-order valence-electron chi connectivity index (χ3n) is 2.78. The zero-order valence-corrected chi connectivity index (χ0v) is 12.3. The van der Waals surface area contributed by atoms with Gasteiger partial charge in [-0.1, -0.05) is 0 Å². The van der Waals surface area contributed by atoms with Crippen molar-refractivity contribution in [2.24, 2.45) is 0 Å². The van der Waals surface area contributed by atoms with Crippen LogP contribution in [0.15, 0.2) is 16.3 Å². The Labute approximate surface area is 115 Å². The van der Waals surface area contributed by atoms with Crippen molar-refractivity contribution in [2.45, 2.75) is 23.7 Å². The van der Waals surface area contributed by atoms with Crippen molar-refractivity contribution in [1.29, 1.82) is 0 Å². The molecule has 1 saturated heterocycles. The van der Waals surface area contributed by atoms with E-state index in [2.05, 4.69) is 0 Å². The molecule has 0 spiro atoms. The maximum atomic E-state index is 12.4. The van der Waals surface area contributed by atoms with E-state index in [1.807, 2.05) is 13.8 Å². The van der Waals surface area contributed by atoms with Crippen molar-refractivity contribution in [1.82, 2.24) is 4.31 Å². The van der Waals surface area contributed by atoms with Crippen molar-refractivity contribution in [3.63, 3.8) is 0 Å². The Morgan fingerprint density at radius 3 is 2.68 bits per heavy atom.